The van der Waals surface area contributed by atoms with Crippen molar-refractivity contribution in [2.45, 2.75) is 56.7 Å². The summed E-state index contributed by atoms with van der Waals surface area (Å²) in [5.41, 5.74) is -2.48. The van der Waals surface area contributed by atoms with Crippen LogP contribution in [-0.4, -0.2) is 33.4 Å². The average molecular weight is 280 g/mol. The molecule has 4 aliphatic rings. The van der Waals surface area contributed by atoms with E-state index in [1.807, 2.05) is 0 Å². The van der Waals surface area contributed by atoms with E-state index in [4.69, 9.17) is 4.74 Å². The van der Waals surface area contributed by atoms with Crippen molar-refractivity contribution in [1.82, 2.24) is 0 Å². The third kappa shape index (κ3) is 1.87. The van der Waals surface area contributed by atoms with Gasteiger partial charge in [0, 0.05) is 18.4 Å². The van der Waals surface area contributed by atoms with Crippen LogP contribution in [0.5, 0.6) is 0 Å². The van der Waals surface area contributed by atoms with Crippen molar-refractivity contribution >= 4 is 11.9 Å². The Balaban J connectivity index is 1.95. The highest BCUT2D eigenvalue weighted by Gasteiger charge is 2.67. The molecular formula is C15H20O5. The molecule has 5 nitrogen and oxygen atoms in total. The SMILES string of the molecule is C=C(C)C(=O)OC12CC3CC(O)(C1)CC(C(=O)O)(C3)C2. The molecule has 0 saturated heterocycles. The zero-order chi connectivity index (χ0) is 14.8. The fraction of sp³-hybridized carbons (Fsp3) is 0.733. The first-order chi connectivity index (χ1) is 9.18. The first-order valence-electron chi connectivity index (χ1n) is 7.02. The minimum atomic E-state index is -1.01. The summed E-state index contributed by atoms with van der Waals surface area (Å²) >= 11 is 0. The lowest BCUT2D eigenvalue weighted by molar-refractivity contribution is -0.243. The maximum Gasteiger partial charge on any atom is 0.333 e. The van der Waals surface area contributed by atoms with Crippen LogP contribution in [0.15, 0.2) is 12.2 Å². The van der Waals surface area contributed by atoms with Crippen molar-refractivity contribution in [3.8, 4) is 0 Å². The third-order valence-electron chi connectivity index (χ3n) is 5.10. The van der Waals surface area contributed by atoms with Gasteiger partial charge >= 0.3 is 11.9 Å². The largest absolute Gasteiger partial charge is 0.481 e. The summed E-state index contributed by atoms with van der Waals surface area (Å²) < 4.78 is 5.59. The maximum absolute atomic E-state index is 11.9. The number of carboxylic acid groups (broad SMARTS) is 1. The molecule has 0 aromatic rings. The second kappa shape index (κ2) is 3.85. The minimum Gasteiger partial charge on any atom is -0.481 e. The van der Waals surface area contributed by atoms with Gasteiger partial charge in [-0.15, -0.1) is 0 Å². The lowest BCUT2D eigenvalue weighted by Gasteiger charge is -2.62. The third-order valence-corrected chi connectivity index (χ3v) is 5.10. The van der Waals surface area contributed by atoms with E-state index in [1.165, 1.54) is 0 Å². The Morgan fingerprint density at radius 2 is 1.90 bits per heavy atom. The van der Waals surface area contributed by atoms with Crippen LogP contribution in [0, 0.1) is 11.3 Å². The normalized spacial score (nSPS) is 45.2. The molecule has 0 radical (unpaired) electrons. The summed E-state index contributed by atoms with van der Waals surface area (Å²) in [4.78, 5) is 23.5. The number of hydrogen-bond acceptors (Lipinski definition) is 4. The van der Waals surface area contributed by atoms with Crippen molar-refractivity contribution < 1.29 is 24.5 Å². The van der Waals surface area contributed by atoms with Gasteiger partial charge in [-0.2, -0.15) is 0 Å². The molecule has 4 unspecified atom stereocenters. The molecule has 4 aliphatic carbocycles. The lowest BCUT2D eigenvalue weighted by atomic mass is 9.46. The summed E-state index contributed by atoms with van der Waals surface area (Å²) in [5, 5.41) is 20.2. The van der Waals surface area contributed by atoms with Crippen molar-refractivity contribution in [3.05, 3.63) is 12.2 Å². The Bertz CT molecular complexity index is 512. The van der Waals surface area contributed by atoms with E-state index in [-0.39, 0.29) is 12.3 Å². The van der Waals surface area contributed by atoms with Gasteiger partial charge in [-0.3, -0.25) is 4.79 Å². The summed E-state index contributed by atoms with van der Waals surface area (Å²) in [6.07, 6.45) is 2.80. The van der Waals surface area contributed by atoms with Crippen LogP contribution in [0.4, 0.5) is 0 Å². The fourth-order valence-electron chi connectivity index (χ4n) is 4.94. The molecule has 4 rings (SSSR count). The summed E-state index contributed by atoms with van der Waals surface area (Å²) in [6, 6.07) is 0. The highest BCUT2D eigenvalue weighted by atomic mass is 16.6. The molecule has 0 aromatic heterocycles. The topological polar surface area (TPSA) is 83.8 Å². The highest BCUT2D eigenvalue weighted by molar-refractivity contribution is 5.87. The minimum absolute atomic E-state index is 0.116. The summed E-state index contributed by atoms with van der Waals surface area (Å²) in [6.45, 7) is 5.14. The van der Waals surface area contributed by atoms with Gasteiger partial charge in [-0.05, 0) is 38.5 Å². The van der Waals surface area contributed by atoms with Gasteiger partial charge < -0.3 is 14.9 Å². The van der Waals surface area contributed by atoms with Gasteiger partial charge in [-0.25, -0.2) is 4.79 Å². The van der Waals surface area contributed by atoms with Crippen LogP contribution in [0.3, 0.4) is 0 Å². The predicted octanol–water partition coefficient (Wildman–Crippen LogP) is 1.64. The van der Waals surface area contributed by atoms with E-state index in [0.29, 0.717) is 37.7 Å². The number of aliphatic hydroxyl groups is 1. The fourth-order valence-corrected chi connectivity index (χ4v) is 4.94. The molecule has 0 heterocycles. The van der Waals surface area contributed by atoms with Crippen molar-refractivity contribution in [3.63, 3.8) is 0 Å². The smallest absolute Gasteiger partial charge is 0.333 e. The van der Waals surface area contributed by atoms with Crippen molar-refractivity contribution in [2.75, 3.05) is 0 Å². The van der Waals surface area contributed by atoms with Crippen molar-refractivity contribution in [1.29, 1.82) is 0 Å². The zero-order valence-corrected chi connectivity index (χ0v) is 11.6. The van der Waals surface area contributed by atoms with Crippen LogP contribution in [0.2, 0.25) is 0 Å². The number of rotatable bonds is 3. The number of carbonyl (C=O) groups excluding carboxylic acids is 1. The van der Waals surface area contributed by atoms with Gasteiger partial charge in [0.05, 0.1) is 11.0 Å². The summed E-state index contributed by atoms with van der Waals surface area (Å²) in [7, 11) is 0. The lowest BCUT2D eigenvalue weighted by Crippen LogP contribution is -2.66. The van der Waals surface area contributed by atoms with Crippen LogP contribution >= 0.6 is 0 Å². The number of ether oxygens (including phenoxy) is 1. The Morgan fingerprint density at radius 1 is 1.20 bits per heavy atom. The quantitative estimate of drug-likeness (QED) is 0.606. The standard InChI is InChI=1S/C15H20O5/c1-9(2)11(16)20-15-5-10-3-13(7-15,12(17)18)6-14(19,4-10)8-15/h10,19H,1,3-8H2,2H3,(H,17,18). The van der Waals surface area contributed by atoms with Gasteiger partial charge in [-0.1, -0.05) is 6.58 Å². The number of esters is 1. The van der Waals surface area contributed by atoms with E-state index in [9.17, 15) is 19.8 Å². The van der Waals surface area contributed by atoms with Gasteiger partial charge in [0.15, 0.2) is 0 Å². The van der Waals surface area contributed by atoms with E-state index >= 15 is 0 Å². The maximum atomic E-state index is 11.9. The molecule has 0 spiro atoms. The molecule has 20 heavy (non-hydrogen) atoms. The van der Waals surface area contributed by atoms with Gasteiger partial charge in [0.25, 0.3) is 0 Å². The Morgan fingerprint density at radius 3 is 2.45 bits per heavy atom. The molecule has 0 amide bonds. The van der Waals surface area contributed by atoms with Gasteiger partial charge in [0.1, 0.15) is 5.60 Å². The molecule has 4 atom stereocenters. The molecule has 0 aromatic carbocycles. The Labute approximate surface area is 117 Å². The second-order valence-electron chi connectivity index (χ2n) is 7.17. The van der Waals surface area contributed by atoms with Crippen molar-refractivity contribution in [2.24, 2.45) is 11.3 Å². The van der Waals surface area contributed by atoms with Crippen LogP contribution in [0.25, 0.3) is 0 Å². The number of aliphatic carboxylic acids is 1. The van der Waals surface area contributed by atoms with Crippen LogP contribution in [0.1, 0.15) is 45.4 Å². The van der Waals surface area contributed by atoms with Gasteiger partial charge in [0.2, 0.25) is 0 Å². The molecule has 4 fully saturated rings. The zero-order valence-electron chi connectivity index (χ0n) is 11.6. The number of carboxylic acids is 1. The van der Waals surface area contributed by atoms with E-state index in [2.05, 4.69) is 6.58 Å². The Hall–Kier alpha value is -1.36. The first kappa shape index (κ1) is 13.6. The molecule has 4 bridgehead atoms. The highest BCUT2D eigenvalue weighted by Crippen LogP contribution is 2.64. The molecule has 0 aliphatic heterocycles. The molecular weight excluding hydrogens is 260 g/mol. The molecule has 4 saturated carbocycles. The second-order valence-corrected chi connectivity index (χ2v) is 7.17. The number of hydrogen-bond donors (Lipinski definition) is 2. The molecule has 110 valence electrons. The molecule has 5 heteroatoms. The number of carbonyl (C=O) groups is 2. The van der Waals surface area contributed by atoms with E-state index < -0.39 is 28.6 Å². The summed E-state index contributed by atoms with van der Waals surface area (Å²) in [5.74, 6) is -1.25. The average Bonchev–Trinajstić information content (AvgIpc) is 2.24. The molecule has 2 N–H and O–H groups in total. The first-order valence-corrected chi connectivity index (χ1v) is 7.02. The van der Waals surface area contributed by atoms with Crippen LogP contribution < -0.4 is 0 Å². The monoisotopic (exact) mass is 280 g/mol. The van der Waals surface area contributed by atoms with Crippen LogP contribution in [-0.2, 0) is 14.3 Å². The Kier molecular flexibility index (Phi) is 2.62. The van der Waals surface area contributed by atoms with E-state index in [0.717, 1.165) is 0 Å². The predicted molar refractivity (Wildman–Crippen MR) is 69.8 cm³/mol. The van der Waals surface area contributed by atoms with E-state index in [1.54, 1.807) is 6.92 Å².